The topological polar surface area (TPSA) is 78.5 Å². The van der Waals surface area contributed by atoms with Gasteiger partial charge in [0.1, 0.15) is 6.04 Å². The molecule has 1 unspecified atom stereocenters. The Hall–Kier alpha value is -2.37. The zero-order valence-electron chi connectivity index (χ0n) is 15.2. The molecule has 136 valence electrons. The zero-order valence-corrected chi connectivity index (χ0v) is 15.2. The summed E-state index contributed by atoms with van der Waals surface area (Å²) in [6, 6.07) is 6.43. The molecule has 1 aromatic rings. The van der Waals surface area contributed by atoms with Crippen LogP contribution in [0.4, 0.5) is 5.69 Å². The van der Waals surface area contributed by atoms with Crippen LogP contribution in [0.15, 0.2) is 24.3 Å². The van der Waals surface area contributed by atoms with Crippen LogP contribution < -0.4 is 10.6 Å². The fourth-order valence-electron chi connectivity index (χ4n) is 2.80. The van der Waals surface area contributed by atoms with E-state index < -0.39 is 0 Å². The molecule has 0 saturated carbocycles. The van der Waals surface area contributed by atoms with E-state index in [1.807, 2.05) is 20.8 Å². The van der Waals surface area contributed by atoms with Crippen LogP contribution in [-0.2, 0) is 9.59 Å². The smallest absolute Gasteiger partial charge is 0.254 e. The van der Waals surface area contributed by atoms with Gasteiger partial charge in [-0.25, -0.2) is 0 Å². The molecule has 0 aromatic heterocycles. The van der Waals surface area contributed by atoms with Crippen LogP contribution >= 0.6 is 0 Å². The molecule has 1 atom stereocenters. The summed E-state index contributed by atoms with van der Waals surface area (Å²) < 4.78 is 0. The predicted molar refractivity (Wildman–Crippen MR) is 97.3 cm³/mol. The summed E-state index contributed by atoms with van der Waals surface area (Å²) in [5.74, 6) is -0.385. The van der Waals surface area contributed by atoms with E-state index in [2.05, 4.69) is 10.6 Å². The second-order valence-corrected chi connectivity index (χ2v) is 6.67. The van der Waals surface area contributed by atoms with Gasteiger partial charge in [-0.05, 0) is 43.5 Å². The lowest BCUT2D eigenvalue weighted by Gasteiger charge is -2.24. The standard InChI is InChI=1S/C19H27N3O3/c1-4-11-20-18(24)16-6-5-12-22(16)19(25)14-7-9-15(10-8-14)21-17(23)13(2)3/h7-10,13,16H,4-6,11-12H2,1-3H3,(H,20,24)(H,21,23). The van der Waals surface area contributed by atoms with E-state index in [1.54, 1.807) is 29.2 Å². The lowest BCUT2D eigenvalue weighted by Crippen LogP contribution is -2.46. The number of hydrogen-bond acceptors (Lipinski definition) is 3. The molecule has 0 bridgehead atoms. The summed E-state index contributed by atoms with van der Waals surface area (Å²) in [5.41, 5.74) is 1.19. The molecule has 1 saturated heterocycles. The summed E-state index contributed by atoms with van der Waals surface area (Å²) in [6.07, 6.45) is 2.40. The Bertz CT molecular complexity index is 625. The van der Waals surface area contributed by atoms with Gasteiger partial charge in [-0.15, -0.1) is 0 Å². The highest BCUT2D eigenvalue weighted by atomic mass is 16.2. The first kappa shape index (κ1) is 19.0. The van der Waals surface area contributed by atoms with Crippen molar-refractivity contribution in [2.45, 2.75) is 46.1 Å². The molecule has 3 amide bonds. The largest absolute Gasteiger partial charge is 0.354 e. The van der Waals surface area contributed by atoms with Gasteiger partial charge in [-0.2, -0.15) is 0 Å². The van der Waals surface area contributed by atoms with Gasteiger partial charge in [0, 0.05) is 30.3 Å². The molecule has 0 aliphatic carbocycles. The summed E-state index contributed by atoms with van der Waals surface area (Å²) in [4.78, 5) is 38.3. The van der Waals surface area contributed by atoms with E-state index in [-0.39, 0.29) is 29.7 Å². The van der Waals surface area contributed by atoms with Crippen molar-refractivity contribution in [3.05, 3.63) is 29.8 Å². The van der Waals surface area contributed by atoms with E-state index in [0.29, 0.717) is 30.8 Å². The third-order valence-corrected chi connectivity index (χ3v) is 4.29. The molecule has 1 fully saturated rings. The van der Waals surface area contributed by atoms with Gasteiger partial charge in [0.2, 0.25) is 11.8 Å². The van der Waals surface area contributed by atoms with Crippen molar-refractivity contribution < 1.29 is 14.4 Å². The van der Waals surface area contributed by atoms with Crippen molar-refractivity contribution in [1.29, 1.82) is 0 Å². The molecule has 6 heteroatoms. The fraction of sp³-hybridized carbons (Fsp3) is 0.526. The number of nitrogens with one attached hydrogen (secondary N) is 2. The van der Waals surface area contributed by atoms with Crippen molar-refractivity contribution >= 4 is 23.4 Å². The maximum atomic E-state index is 12.7. The number of carbonyl (C=O) groups excluding carboxylic acids is 3. The number of carbonyl (C=O) groups is 3. The normalized spacial score (nSPS) is 16.8. The van der Waals surface area contributed by atoms with Crippen molar-refractivity contribution in [2.75, 3.05) is 18.4 Å². The monoisotopic (exact) mass is 345 g/mol. The second-order valence-electron chi connectivity index (χ2n) is 6.67. The van der Waals surface area contributed by atoms with E-state index in [1.165, 1.54) is 0 Å². The molecule has 0 radical (unpaired) electrons. The third-order valence-electron chi connectivity index (χ3n) is 4.29. The second kappa shape index (κ2) is 8.65. The number of anilines is 1. The summed E-state index contributed by atoms with van der Waals surface area (Å²) in [5, 5.41) is 5.67. The van der Waals surface area contributed by atoms with Crippen molar-refractivity contribution in [3.63, 3.8) is 0 Å². The molecular formula is C19H27N3O3. The number of nitrogens with zero attached hydrogens (tertiary/aromatic N) is 1. The molecule has 1 aliphatic rings. The SMILES string of the molecule is CCCNC(=O)C1CCCN1C(=O)c1ccc(NC(=O)C(C)C)cc1. The predicted octanol–water partition coefficient (Wildman–Crippen LogP) is 2.41. The van der Waals surface area contributed by atoms with Gasteiger partial charge in [-0.3, -0.25) is 14.4 Å². The van der Waals surface area contributed by atoms with Crippen LogP contribution in [0.1, 0.15) is 50.4 Å². The lowest BCUT2D eigenvalue weighted by molar-refractivity contribution is -0.124. The minimum atomic E-state index is -0.389. The van der Waals surface area contributed by atoms with Crippen LogP contribution in [0, 0.1) is 5.92 Å². The van der Waals surface area contributed by atoms with Crippen LogP contribution in [0.5, 0.6) is 0 Å². The fourth-order valence-corrected chi connectivity index (χ4v) is 2.80. The molecule has 0 spiro atoms. The lowest BCUT2D eigenvalue weighted by atomic mass is 10.1. The van der Waals surface area contributed by atoms with E-state index in [9.17, 15) is 14.4 Å². The molecule has 2 rings (SSSR count). The minimum absolute atomic E-state index is 0.0636. The highest BCUT2D eigenvalue weighted by Gasteiger charge is 2.34. The summed E-state index contributed by atoms with van der Waals surface area (Å²) in [6.45, 7) is 6.86. The van der Waals surface area contributed by atoms with Crippen molar-refractivity contribution in [3.8, 4) is 0 Å². The van der Waals surface area contributed by atoms with Crippen LogP contribution in [0.2, 0.25) is 0 Å². The highest BCUT2D eigenvalue weighted by molar-refractivity contribution is 5.99. The Morgan fingerprint density at radius 1 is 1.20 bits per heavy atom. The Morgan fingerprint density at radius 2 is 1.88 bits per heavy atom. The van der Waals surface area contributed by atoms with E-state index >= 15 is 0 Å². The van der Waals surface area contributed by atoms with Gasteiger partial charge in [0.15, 0.2) is 0 Å². The first-order valence-corrected chi connectivity index (χ1v) is 8.93. The maximum Gasteiger partial charge on any atom is 0.254 e. The first-order valence-electron chi connectivity index (χ1n) is 8.93. The molecular weight excluding hydrogens is 318 g/mol. The average molecular weight is 345 g/mol. The average Bonchev–Trinajstić information content (AvgIpc) is 3.09. The van der Waals surface area contributed by atoms with Gasteiger partial charge in [0.25, 0.3) is 5.91 Å². The Balaban J connectivity index is 2.04. The molecule has 6 nitrogen and oxygen atoms in total. The van der Waals surface area contributed by atoms with Gasteiger partial charge in [-0.1, -0.05) is 20.8 Å². The van der Waals surface area contributed by atoms with E-state index in [4.69, 9.17) is 0 Å². The Kier molecular flexibility index (Phi) is 6.56. The molecule has 1 aliphatic heterocycles. The Morgan fingerprint density at radius 3 is 2.48 bits per heavy atom. The van der Waals surface area contributed by atoms with Crippen molar-refractivity contribution in [2.24, 2.45) is 5.92 Å². The molecule has 1 heterocycles. The quantitative estimate of drug-likeness (QED) is 0.831. The number of benzene rings is 1. The Labute approximate surface area is 149 Å². The number of rotatable bonds is 6. The molecule has 1 aromatic carbocycles. The van der Waals surface area contributed by atoms with Gasteiger partial charge in [0.05, 0.1) is 0 Å². The summed E-state index contributed by atoms with van der Waals surface area (Å²) in [7, 11) is 0. The first-order chi connectivity index (χ1) is 11.9. The van der Waals surface area contributed by atoms with Gasteiger partial charge < -0.3 is 15.5 Å². The minimum Gasteiger partial charge on any atom is -0.354 e. The maximum absolute atomic E-state index is 12.7. The van der Waals surface area contributed by atoms with Gasteiger partial charge >= 0.3 is 0 Å². The summed E-state index contributed by atoms with van der Waals surface area (Å²) >= 11 is 0. The van der Waals surface area contributed by atoms with Crippen LogP contribution in [0.25, 0.3) is 0 Å². The highest BCUT2D eigenvalue weighted by Crippen LogP contribution is 2.21. The molecule has 25 heavy (non-hydrogen) atoms. The molecule has 2 N–H and O–H groups in total. The third kappa shape index (κ3) is 4.81. The van der Waals surface area contributed by atoms with Crippen molar-refractivity contribution in [1.82, 2.24) is 10.2 Å². The zero-order chi connectivity index (χ0) is 18.4. The van der Waals surface area contributed by atoms with E-state index in [0.717, 1.165) is 12.8 Å². The van der Waals surface area contributed by atoms with Crippen LogP contribution in [0.3, 0.4) is 0 Å². The van der Waals surface area contributed by atoms with Crippen LogP contribution in [-0.4, -0.2) is 41.8 Å². The number of likely N-dealkylation sites (tertiary alicyclic amines) is 1. The number of amides is 3. The number of hydrogen-bond donors (Lipinski definition) is 2.